The van der Waals surface area contributed by atoms with Gasteiger partial charge in [0.1, 0.15) is 5.75 Å². The Bertz CT molecular complexity index is 872. The van der Waals surface area contributed by atoms with Gasteiger partial charge in [0.2, 0.25) is 0 Å². The van der Waals surface area contributed by atoms with Crippen molar-refractivity contribution in [2.45, 2.75) is 12.5 Å². The average Bonchev–Trinajstić information content (AvgIpc) is 2.89. The highest BCUT2D eigenvalue weighted by Gasteiger charge is 2.27. The number of aromatic hydroxyl groups is 1. The van der Waals surface area contributed by atoms with E-state index in [1.807, 2.05) is 12.1 Å². The lowest BCUT2D eigenvalue weighted by molar-refractivity contribution is 0.453. The zero-order valence-electron chi connectivity index (χ0n) is 11.7. The van der Waals surface area contributed by atoms with Crippen LogP contribution in [0.4, 0.5) is 0 Å². The smallest absolute Gasteiger partial charge is 0.139 e. The monoisotopic (exact) mass is 332 g/mol. The summed E-state index contributed by atoms with van der Waals surface area (Å²) < 4.78 is 0. The summed E-state index contributed by atoms with van der Waals surface area (Å²) in [7, 11) is 0. The van der Waals surface area contributed by atoms with Gasteiger partial charge in [-0.15, -0.1) is 0 Å². The Balaban J connectivity index is 1.93. The molecule has 1 unspecified atom stereocenters. The van der Waals surface area contributed by atoms with Crippen LogP contribution in [-0.4, -0.2) is 16.6 Å². The molecule has 5 heteroatoms. The molecule has 22 heavy (non-hydrogen) atoms. The number of phenolic OH excluding ortho intramolecular Hbond substituents is 1. The highest BCUT2D eigenvalue weighted by Crippen LogP contribution is 2.40. The van der Waals surface area contributed by atoms with E-state index in [0.717, 1.165) is 24.2 Å². The molecule has 0 fully saturated rings. The van der Waals surface area contributed by atoms with Crippen LogP contribution >= 0.6 is 23.2 Å². The molecule has 1 aromatic heterocycles. The lowest BCUT2D eigenvalue weighted by Gasteiger charge is -2.26. The van der Waals surface area contributed by atoms with Crippen LogP contribution in [0.15, 0.2) is 36.4 Å². The van der Waals surface area contributed by atoms with Gasteiger partial charge in [-0.05, 0) is 30.2 Å². The molecule has 0 aliphatic carbocycles. The fraction of sp³-hybridized carbons (Fsp3) is 0.176. The molecule has 1 atom stereocenters. The van der Waals surface area contributed by atoms with Crippen LogP contribution in [0.1, 0.15) is 22.9 Å². The summed E-state index contributed by atoms with van der Waals surface area (Å²) in [5, 5.41) is 15.8. The molecule has 0 bridgehead atoms. The van der Waals surface area contributed by atoms with E-state index < -0.39 is 0 Å². The van der Waals surface area contributed by atoms with Gasteiger partial charge in [0.05, 0.1) is 11.1 Å². The van der Waals surface area contributed by atoms with Gasteiger partial charge in [-0.2, -0.15) is 0 Å². The van der Waals surface area contributed by atoms with Crippen LogP contribution < -0.4 is 5.32 Å². The molecule has 4 rings (SSSR count). The largest absolute Gasteiger partial charge is 0.506 e. The second-order valence-corrected chi connectivity index (χ2v) is 6.37. The Labute approximate surface area is 137 Å². The van der Waals surface area contributed by atoms with Crippen LogP contribution in [0.2, 0.25) is 10.0 Å². The molecule has 1 aliphatic rings. The predicted molar refractivity (Wildman–Crippen MR) is 90.0 cm³/mol. The number of hydrogen-bond acceptors (Lipinski definition) is 2. The van der Waals surface area contributed by atoms with E-state index in [1.165, 1.54) is 10.9 Å². The number of phenols is 1. The van der Waals surface area contributed by atoms with Gasteiger partial charge >= 0.3 is 0 Å². The van der Waals surface area contributed by atoms with Crippen LogP contribution in [0.3, 0.4) is 0 Å². The second kappa shape index (κ2) is 5.20. The van der Waals surface area contributed by atoms with E-state index in [9.17, 15) is 5.11 Å². The Morgan fingerprint density at radius 2 is 1.95 bits per heavy atom. The van der Waals surface area contributed by atoms with Crippen molar-refractivity contribution in [1.29, 1.82) is 0 Å². The number of rotatable bonds is 1. The van der Waals surface area contributed by atoms with Gasteiger partial charge in [0.15, 0.2) is 0 Å². The maximum absolute atomic E-state index is 10.3. The molecule has 0 saturated heterocycles. The van der Waals surface area contributed by atoms with Crippen LogP contribution in [0.25, 0.3) is 10.9 Å². The Morgan fingerprint density at radius 1 is 1.14 bits per heavy atom. The Hall–Kier alpha value is -1.68. The third-order valence-corrected chi connectivity index (χ3v) is 4.73. The van der Waals surface area contributed by atoms with Crippen LogP contribution in [0.5, 0.6) is 5.75 Å². The molecule has 2 aromatic carbocycles. The van der Waals surface area contributed by atoms with Crippen molar-refractivity contribution in [3.05, 3.63) is 63.3 Å². The minimum Gasteiger partial charge on any atom is -0.506 e. The maximum Gasteiger partial charge on any atom is 0.139 e. The average molecular weight is 333 g/mol. The van der Waals surface area contributed by atoms with E-state index in [0.29, 0.717) is 10.6 Å². The molecule has 0 saturated carbocycles. The summed E-state index contributed by atoms with van der Waals surface area (Å²) >= 11 is 12.2. The molecule has 112 valence electrons. The van der Waals surface area contributed by atoms with Crippen molar-refractivity contribution in [1.82, 2.24) is 10.3 Å². The summed E-state index contributed by atoms with van der Waals surface area (Å²) in [6.07, 6.45) is 0.949. The zero-order chi connectivity index (χ0) is 15.3. The fourth-order valence-corrected chi connectivity index (χ4v) is 3.76. The lowest BCUT2D eigenvalue weighted by Crippen LogP contribution is -2.30. The summed E-state index contributed by atoms with van der Waals surface area (Å²) in [6.45, 7) is 0.836. The number of benzene rings is 2. The van der Waals surface area contributed by atoms with Crippen molar-refractivity contribution in [3.63, 3.8) is 0 Å². The fourth-order valence-electron chi connectivity index (χ4n) is 3.25. The van der Waals surface area contributed by atoms with E-state index in [4.69, 9.17) is 23.2 Å². The Morgan fingerprint density at radius 3 is 2.82 bits per heavy atom. The molecule has 2 heterocycles. The highest BCUT2D eigenvalue weighted by atomic mass is 35.5. The molecular weight excluding hydrogens is 319 g/mol. The molecule has 0 spiro atoms. The molecule has 1 aliphatic heterocycles. The summed E-state index contributed by atoms with van der Waals surface area (Å²) in [4.78, 5) is 3.47. The maximum atomic E-state index is 10.3. The first-order valence-corrected chi connectivity index (χ1v) is 7.91. The van der Waals surface area contributed by atoms with E-state index in [1.54, 1.807) is 12.1 Å². The van der Waals surface area contributed by atoms with Gasteiger partial charge < -0.3 is 15.4 Å². The van der Waals surface area contributed by atoms with Crippen molar-refractivity contribution < 1.29 is 5.11 Å². The van der Waals surface area contributed by atoms with Gasteiger partial charge in [-0.1, -0.05) is 41.4 Å². The predicted octanol–water partition coefficient (Wildman–Crippen LogP) is 4.42. The van der Waals surface area contributed by atoms with Crippen molar-refractivity contribution >= 4 is 34.1 Å². The number of aromatic amines is 1. The van der Waals surface area contributed by atoms with Gasteiger partial charge in [-0.3, -0.25) is 0 Å². The highest BCUT2D eigenvalue weighted by molar-refractivity contribution is 6.35. The third-order valence-electron chi connectivity index (χ3n) is 4.23. The number of aromatic nitrogens is 1. The van der Waals surface area contributed by atoms with E-state index in [2.05, 4.69) is 22.4 Å². The van der Waals surface area contributed by atoms with Crippen LogP contribution in [-0.2, 0) is 6.42 Å². The first kappa shape index (κ1) is 13.9. The number of hydrogen-bond donors (Lipinski definition) is 3. The quantitative estimate of drug-likeness (QED) is 0.618. The van der Waals surface area contributed by atoms with Crippen molar-refractivity contribution in [3.8, 4) is 5.75 Å². The normalized spacial score (nSPS) is 17.6. The second-order valence-electron chi connectivity index (χ2n) is 5.53. The number of para-hydroxylation sites is 1. The topological polar surface area (TPSA) is 48.0 Å². The SMILES string of the molecule is Oc1c(Cl)cc(Cl)cc1C1NCCc2c1[nH]c1ccccc21. The van der Waals surface area contributed by atoms with Crippen molar-refractivity contribution in [2.75, 3.05) is 6.54 Å². The van der Waals surface area contributed by atoms with Gasteiger partial charge in [-0.25, -0.2) is 0 Å². The molecule has 3 aromatic rings. The van der Waals surface area contributed by atoms with Crippen molar-refractivity contribution in [2.24, 2.45) is 0 Å². The minimum absolute atomic E-state index is 0.0788. The summed E-state index contributed by atoms with van der Waals surface area (Å²) in [6, 6.07) is 11.4. The standard InChI is InChI=1S/C17H14Cl2N2O/c18-9-7-12(17(22)13(19)8-9)15-16-11(5-6-20-15)10-3-1-2-4-14(10)21-16/h1-4,7-8,15,20-22H,5-6H2. The van der Waals surface area contributed by atoms with Gasteiger partial charge in [0, 0.05) is 33.7 Å². The molecular formula is C17H14Cl2N2O. The lowest BCUT2D eigenvalue weighted by atomic mass is 9.94. The molecule has 0 amide bonds. The number of nitrogens with one attached hydrogen (secondary N) is 2. The van der Waals surface area contributed by atoms with E-state index >= 15 is 0 Å². The Kier molecular flexibility index (Phi) is 3.30. The molecule has 0 radical (unpaired) electrons. The minimum atomic E-state index is -0.146. The first-order valence-electron chi connectivity index (χ1n) is 7.16. The number of halogens is 2. The molecule has 3 N–H and O–H groups in total. The van der Waals surface area contributed by atoms with Gasteiger partial charge in [0.25, 0.3) is 0 Å². The van der Waals surface area contributed by atoms with Crippen LogP contribution in [0, 0.1) is 0 Å². The number of fused-ring (bicyclic) bond motifs is 3. The third kappa shape index (κ3) is 2.09. The molecule has 3 nitrogen and oxygen atoms in total. The first-order chi connectivity index (χ1) is 10.6. The van der Waals surface area contributed by atoms with E-state index in [-0.39, 0.29) is 16.8 Å². The zero-order valence-corrected chi connectivity index (χ0v) is 13.2. The number of H-pyrrole nitrogens is 1. The summed E-state index contributed by atoms with van der Waals surface area (Å²) in [5.41, 5.74) is 4.16. The summed E-state index contributed by atoms with van der Waals surface area (Å²) in [5.74, 6) is 0.0788.